The number of benzene rings is 1. The molecule has 0 spiro atoms. The van der Waals surface area contributed by atoms with E-state index in [9.17, 15) is 4.79 Å². The molecule has 2 aliphatic carbocycles. The number of amides is 1. The Labute approximate surface area is 135 Å². The monoisotopic (exact) mass is 315 g/mol. The molecule has 1 aromatic carbocycles. The van der Waals surface area contributed by atoms with E-state index in [0.29, 0.717) is 29.1 Å². The van der Waals surface area contributed by atoms with Crippen molar-refractivity contribution >= 4 is 5.91 Å². The Morgan fingerprint density at radius 1 is 1.17 bits per heavy atom. The van der Waals surface area contributed by atoms with Gasteiger partial charge in [-0.2, -0.15) is 0 Å². The molecular formula is C17H21N3O3. The molecule has 122 valence electrons. The summed E-state index contributed by atoms with van der Waals surface area (Å²) in [6.45, 7) is 0. The maximum atomic E-state index is 11.2. The third kappa shape index (κ3) is 2.92. The average molecular weight is 315 g/mol. The van der Waals surface area contributed by atoms with Gasteiger partial charge in [0.2, 0.25) is 5.91 Å². The average Bonchev–Trinajstić information content (AvgIpc) is 2.94. The van der Waals surface area contributed by atoms with Crippen molar-refractivity contribution in [3.8, 4) is 11.5 Å². The molecule has 0 aromatic heterocycles. The Morgan fingerprint density at radius 3 is 2.57 bits per heavy atom. The van der Waals surface area contributed by atoms with Gasteiger partial charge in [0.05, 0.1) is 6.04 Å². The summed E-state index contributed by atoms with van der Waals surface area (Å²) >= 11 is 0. The van der Waals surface area contributed by atoms with Crippen molar-refractivity contribution in [2.75, 3.05) is 0 Å². The van der Waals surface area contributed by atoms with Gasteiger partial charge in [0.1, 0.15) is 0 Å². The molecule has 23 heavy (non-hydrogen) atoms. The third-order valence-corrected chi connectivity index (χ3v) is 4.81. The summed E-state index contributed by atoms with van der Waals surface area (Å²) in [5.74, 6) is 0.725. The molecular weight excluding hydrogens is 294 g/mol. The number of rotatable bonds is 4. The van der Waals surface area contributed by atoms with Gasteiger partial charge in [0.25, 0.3) is 0 Å². The number of hydroxylamine groups is 2. The fourth-order valence-corrected chi connectivity index (χ4v) is 3.32. The number of primary amides is 1. The molecule has 0 saturated heterocycles. The van der Waals surface area contributed by atoms with Crippen molar-refractivity contribution in [2.24, 2.45) is 5.73 Å². The molecule has 3 aliphatic rings. The van der Waals surface area contributed by atoms with Gasteiger partial charge >= 0.3 is 0 Å². The Hall–Kier alpha value is -2.05. The first-order valence-corrected chi connectivity index (χ1v) is 8.21. The van der Waals surface area contributed by atoms with E-state index in [1.54, 1.807) is 23.4 Å². The van der Waals surface area contributed by atoms with Gasteiger partial charge in [-0.15, -0.1) is 0 Å². The maximum Gasteiger partial charge on any atom is 0.248 e. The minimum Gasteiger partial charge on any atom is -0.367 e. The Balaban J connectivity index is 1.33. The van der Waals surface area contributed by atoms with Gasteiger partial charge in [-0.05, 0) is 50.3 Å². The standard InChI is InChI=1S/C17H21N3O3/c18-17(21)11-4-9-15-16(10-11)23-20(22-15)14-7-5-13(6-8-14)19-12-2-1-3-12/h1-2,4,9-10,12-14,19H,3,5-8H2,(H2,18,21). The molecule has 3 N–H and O–H groups in total. The summed E-state index contributed by atoms with van der Waals surface area (Å²) in [4.78, 5) is 22.8. The summed E-state index contributed by atoms with van der Waals surface area (Å²) in [7, 11) is 0. The number of nitrogens with two attached hydrogens (primary N) is 1. The van der Waals surface area contributed by atoms with E-state index in [2.05, 4.69) is 17.5 Å². The van der Waals surface area contributed by atoms with Gasteiger partial charge in [-0.25, -0.2) is 0 Å². The molecule has 1 fully saturated rings. The van der Waals surface area contributed by atoms with Crippen LogP contribution in [0.4, 0.5) is 0 Å². The number of hydrogen-bond acceptors (Lipinski definition) is 5. The third-order valence-electron chi connectivity index (χ3n) is 4.81. The first-order chi connectivity index (χ1) is 11.2. The van der Waals surface area contributed by atoms with E-state index < -0.39 is 5.91 Å². The van der Waals surface area contributed by atoms with Crippen LogP contribution in [0.3, 0.4) is 0 Å². The summed E-state index contributed by atoms with van der Waals surface area (Å²) in [6.07, 6.45) is 9.84. The lowest BCUT2D eigenvalue weighted by Gasteiger charge is -2.34. The highest BCUT2D eigenvalue weighted by atomic mass is 17.0. The van der Waals surface area contributed by atoms with Crippen molar-refractivity contribution in [3.05, 3.63) is 35.9 Å². The van der Waals surface area contributed by atoms with E-state index in [0.717, 1.165) is 32.1 Å². The van der Waals surface area contributed by atoms with Crippen molar-refractivity contribution in [3.63, 3.8) is 0 Å². The van der Waals surface area contributed by atoms with E-state index in [1.165, 1.54) is 0 Å². The number of hydrogen-bond donors (Lipinski definition) is 2. The lowest BCUT2D eigenvalue weighted by Crippen LogP contribution is -2.46. The number of fused-ring (bicyclic) bond motifs is 1. The zero-order valence-electron chi connectivity index (χ0n) is 12.9. The van der Waals surface area contributed by atoms with Crippen molar-refractivity contribution in [1.29, 1.82) is 0 Å². The van der Waals surface area contributed by atoms with E-state index in [-0.39, 0.29) is 6.04 Å². The molecule has 0 bridgehead atoms. The van der Waals surface area contributed by atoms with Crippen LogP contribution < -0.4 is 20.7 Å². The van der Waals surface area contributed by atoms with E-state index >= 15 is 0 Å². The summed E-state index contributed by atoms with van der Waals surface area (Å²) < 4.78 is 0. The van der Waals surface area contributed by atoms with Gasteiger partial charge in [-0.3, -0.25) is 4.79 Å². The number of carbonyl (C=O) groups is 1. The summed E-state index contributed by atoms with van der Waals surface area (Å²) in [5.41, 5.74) is 5.72. The molecule has 1 aromatic rings. The Kier molecular flexibility index (Phi) is 3.71. The molecule has 1 aliphatic heterocycles. The van der Waals surface area contributed by atoms with Gasteiger partial charge in [-0.1, -0.05) is 12.2 Å². The molecule has 1 atom stereocenters. The number of nitrogens with zero attached hydrogens (tertiary/aromatic N) is 1. The first-order valence-electron chi connectivity index (χ1n) is 8.21. The van der Waals surface area contributed by atoms with Crippen LogP contribution in [-0.4, -0.2) is 29.3 Å². The van der Waals surface area contributed by atoms with Crippen LogP contribution in [0.5, 0.6) is 11.5 Å². The van der Waals surface area contributed by atoms with Crippen LogP contribution in [0.25, 0.3) is 0 Å². The number of carbonyl (C=O) groups excluding carboxylic acids is 1. The fraction of sp³-hybridized carbons (Fsp3) is 0.471. The second-order valence-corrected chi connectivity index (χ2v) is 6.44. The van der Waals surface area contributed by atoms with Crippen molar-refractivity contribution < 1.29 is 14.5 Å². The summed E-state index contributed by atoms with van der Waals surface area (Å²) in [6, 6.07) is 6.38. The predicted octanol–water partition coefficient (Wildman–Crippen LogP) is 1.92. The first kappa shape index (κ1) is 14.5. The smallest absolute Gasteiger partial charge is 0.248 e. The Morgan fingerprint density at radius 2 is 1.91 bits per heavy atom. The van der Waals surface area contributed by atoms with Crippen LogP contribution >= 0.6 is 0 Å². The minimum absolute atomic E-state index is 0.231. The van der Waals surface area contributed by atoms with Gasteiger partial charge < -0.3 is 20.7 Å². The van der Waals surface area contributed by atoms with Crippen LogP contribution in [0.2, 0.25) is 0 Å². The second-order valence-electron chi connectivity index (χ2n) is 6.44. The molecule has 1 amide bonds. The van der Waals surface area contributed by atoms with Crippen LogP contribution in [-0.2, 0) is 0 Å². The molecule has 4 rings (SSSR count). The number of nitrogens with one attached hydrogen (secondary N) is 1. The van der Waals surface area contributed by atoms with E-state index in [1.807, 2.05) is 0 Å². The largest absolute Gasteiger partial charge is 0.367 e. The zero-order valence-corrected chi connectivity index (χ0v) is 12.9. The molecule has 6 heteroatoms. The van der Waals surface area contributed by atoms with E-state index in [4.69, 9.17) is 15.4 Å². The maximum absolute atomic E-state index is 11.2. The topological polar surface area (TPSA) is 76.8 Å². The zero-order chi connectivity index (χ0) is 15.8. The molecule has 1 heterocycles. The molecule has 0 radical (unpaired) electrons. The predicted molar refractivity (Wildman–Crippen MR) is 84.8 cm³/mol. The van der Waals surface area contributed by atoms with Gasteiger partial charge in [0, 0.05) is 22.9 Å². The molecule has 6 nitrogen and oxygen atoms in total. The molecule has 1 saturated carbocycles. The lowest BCUT2D eigenvalue weighted by atomic mass is 9.90. The lowest BCUT2D eigenvalue weighted by molar-refractivity contribution is -0.259. The highest BCUT2D eigenvalue weighted by Gasteiger charge is 2.34. The Bertz CT molecular complexity index is 638. The highest BCUT2D eigenvalue weighted by Crippen LogP contribution is 2.37. The van der Waals surface area contributed by atoms with Crippen LogP contribution in [0.15, 0.2) is 30.4 Å². The van der Waals surface area contributed by atoms with Crippen LogP contribution in [0, 0.1) is 0 Å². The molecule has 1 unspecified atom stereocenters. The van der Waals surface area contributed by atoms with Gasteiger partial charge in [0.15, 0.2) is 11.5 Å². The normalized spacial score (nSPS) is 29.3. The fourth-order valence-electron chi connectivity index (χ4n) is 3.32. The SMILES string of the molecule is NC(=O)c1ccc2c(c1)ON(C1CCC(NC3C=CC3)CC1)O2. The second kappa shape index (κ2) is 5.86. The quantitative estimate of drug-likeness (QED) is 0.830. The minimum atomic E-state index is -0.466. The summed E-state index contributed by atoms with van der Waals surface area (Å²) in [5, 5.41) is 5.24. The van der Waals surface area contributed by atoms with Crippen molar-refractivity contribution in [2.45, 2.75) is 50.2 Å². The highest BCUT2D eigenvalue weighted by molar-refractivity contribution is 5.93. The van der Waals surface area contributed by atoms with Crippen LogP contribution in [0.1, 0.15) is 42.5 Å². The van der Waals surface area contributed by atoms with Crippen molar-refractivity contribution in [1.82, 2.24) is 10.5 Å².